The van der Waals surface area contributed by atoms with E-state index in [1.165, 1.54) is 6.08 Å². The Labute approximate surface area is 75.4 Å². The molecule has 0 aromatic heterocycles. The number of hydrogen-bond donors (Lipinski definition) is 1. The third kappa shape index (κ3) is 6.28. The van der Waals surface area contributed by atoms with E-state index in [9.17, 15) is 8.42 Å². The molecule has 5 heteroatoms. The Morgan fingerprint density at radius 1 is 1.64 bits per heavy atom. The van der Waals surface area contributed by atoms with Gasteiger partial charge in [-0.2, -0.15) is 0 Å². The van der Waals surface area contributed by atoms with Crippen molar-refractivity contribution in [2.45, 2.75) is 0 Å². The Kier molecular flexibility index (Phi) is 4.63. The Balaban J connectivity index is 3.93. The van der Waals surface area contributed by atoms with Crippen LogP contribution in [0, 0.1) is 0 Å². The van der Waals surface area contributed by atoms with Crippen molar-refractivity contribution in [3.63, 3.8) is 0 Å². The van der Waals surface area contributed by atoms with Gasteiger partial charge in [0.15, 0.2) is 0 Å². The van der Waals surface area contributed by atoms with Gasteiger partial charge in [0.1, 0.15) is 0 Å². The maximum Gasteiger partial charge on any atom is 0.215 e. The number of nitrogens with one attached hydrogen (secondary N) is 1. The molecule has 0 heterocycles. The molecule has 0 rings (SSSR count). The van der Waals surface area contributed by atoms with Crippen LogP contribution in [0.4, 0.5) is 0 Å². The van der Waals surface area contributed by atoms with E-state index in [1.54, 1.807) is 0 Å². The molecule has 64 valence electrons. The summed E-state index contributed by atoms with van der Waals surface area (Å²) >= 11 is 3.03. The monoisotopic (exact) mass is 239 g/mol. The van der Waals surface area contributed by atoms with Gasteiger partial charge in [-0.15, -0.1) is 6.58 Å². The van der Waals surface area contributed by atoms with Crippen molar-refractivity contribution in [3.05, 3.63) is 23.7 Å². The topological polar surface area (TPSA) is 46.2 Å². The fraction of sp³-hybridized carbons (Fsp3) is 0.333. The molecule has 3 nitrogen and oxygen atoms in total. The molecule has 0 unspecified atom stereocenters. The fourth-order valence-corrected chi connectivity index (χ4v) is 1.55. The zero-order chi connectivity index (χ0) is 8.91. The Morgan fingerprint density at radius 3 is 2.55 bits per heavy atom. The second-order valence-electron chi connectivity index (χ2n) is 1.91. The number of rotatable bonds is 5. The normalized spacial score (nSPS) is 11.0. The highest BCUT2D eigenvalue weighted by molar-refractivity contribution is 9.11. The van der Waals surface area contributed by atoms with Gasteiger partial charge in [-0.05, 0) is 0 Å². The van der Waals surface area contributed by atoms with E-state index in [4.69, 9.17) is 0 Å². The second-order valence-corrected chi connectivity index (χ2v) is 4.88. The van der Waals surface area contributed by atoms with Crippen LogP contribution in [-0.2, 0) is 10.0 Å². The van der Waals surface area contributed by atoms with Gasteiger partial charge >= 0.3 is 0 Å². The highest BCUT2D eigenvalue weighted by Crippen LogP contribution is 1.98. The molecule has 0 aromatic carbocycles. The quantitative estimate of drug-likeness (QED) is 0.728. The summed E-state index contributed by atoms with van der Waals surface area (Å²) in [6.07, 6.45) is 1.33. The van der Waals surface area contributed by atoms with Crippen LogP contribution in [0.5, 0.6) is 0 Å². The largest absolute Gasteiger partial charge is 0.215 e. The van der Waals surface area contributed by atoms with E-state index in [0.717, 1.165) is 0 Å². The molecular weight excluding hydrogens is 230 g/mol. The lowest BCUT2D eigenvalue weighted by atomic mass is 10.7. The lowest BCUT2D eigenvalue weighted by Gasteiger charge is -2.01. The summed E-state index contributed by atoms with van der Waals surface area (Å²) in [7, 11) is -3.19. The van der Waals surface area contributed by atoms with Gasteiger partial charge in [-0.25, -0.2) is 13.1 Å². The smallest absolute Gasteiger partial charge is 0.212 e. The highest BCUT2D eigenvalue weighted by Gasteiger charge is 2.05. The van der Waals surface area contributed by atoms with E-state index in [1.807, 2.05) is 0 Å². The van der Waals surface area contributed by atoms with E-state index in [0.29, 0.717) is 4.48 Å². The minimum atomic E-state index is -3.19. The molecular formula is C6H10BrNO2S. The SMILES string of the molecule is C=CCS(=O)(=O)NCC(=C)Br. The number of hydrogen-bond acceptors (Lipinski definition) is 2. The van der Waals surface area contributed by atoms with Crippen molar-refractivity contribution in [1.29, 1.82) is 0 Å². The van der Waals surface area contributed by atoms with Crippen LogP contribution in [0.15, 0.2) is 23.7 Å². The summed E-state index contributed by atoms with van der Waals surface area (Å²) in [6.45, 7) is 7.02. The van der Waals surface area contributed by atoms with Gasteiger partial charge in [0, 0.05) is 11.0 Å². The lowest BCUT2D eigenvalue weighted by Crippen LogP contribution is -2.26. The molecule has 0 saturated heterocycles. The molecule has 1 N–H and O–H groups in total. The lowest BCUT2D eigenvalue weighted by molar-refractivity contribution is 0.588. The van der Waals surface area contributed by atoms with Gasteiger partial charge in [0.05, 0.1) is 5.75 Å². The summed E-state index contributed by atoms with van der Waals surface area (Å²) in [6, 6.07) is 0. The molecule has 0 radical (unpaired) electrons. The average molecular weight is 240 g/mol. The molecule has 0 bridgehead atoms. The van der Waals surface area contributed by atoms with Crippen LogP contribution >= 0.6 is 15.9 Å². The third-order valence-corrected chi connectivity index (χ3v) is 2.36. The molecule has 0 atom stereocenters. The average Bonchev–Trinajstić information content (AvgIpc) is 1.84. The van der Waals surface area contributed by atoms with Crippen LogP contribution in [0.1, 0.15) is 0 Å². The minimum Gasteiger partial charge on any atom is -0.212 e. The third-order valence-electron chi connectivity index (χ3n) is 0.821. The molecule has 0 fully saturated rings. The zero-order valence-electron chi connectivity index (χ0n) is 6.01. The van der Waals surface area contributed by atoms with Crippen molar-refractivity contribution < 1.29 is 8.42 Å². The predicted molar refractivity (Wildman–Crippen MR) is 50.1 cm³/mol. The van der Waals surface area contributed by atoms with Crippen LogP contribution in [0.25, 0.3) is 0 Å². The Bertz CT molecular complexity index is 245. The van der Waals surface area contributed by atoms with E-state index in [2.05, 4.69) is 33.8 Å². The van der Waals surface area contributed by atoms with Crippen LogP contribution < -0.4 is 4.72 Å². The van der Waals surface area contributed by atoms with Crippen LogP contribution in [-0.4, -0.2) is 20.7 Å². The molecule has 0 spiro atoms. The number of sulfonamides is 1. The van der Waals surface area contributed by atoms with Gasteiger partial charge in [0.25, 0.3) is 0 Å². The van der Waals surface area contributed by atoms with E-state index >= 15 is 0 Å². The van der Waals surface area contributed by atoms with E-state index < -0.39 is 10.0 Å². The van der Waals surface area contributed by atoms with Gasteiger partial charge in [0.2, 0.25) is 10.0 Å². The molecule has 0 saturated carbocycles. The molecule has 0 aliphatic rings. The first-order valence-electron chi connectivity index (χ1n) is 2.89. The van der Waals surface area contributed by atoms with Gasteiger partial charge < -0.3 is 0 Å². The Morgan fingerprint density at radius 2 is 2.18 bits per heavy atom. The fourth-order valence-electron chi connectivity index (χ4n) is 0.402. The zero-order valence-corrected chi connectivity index (χ0v) is 8.41. The van der Waals surface area contributed by atoms with Crippen LogP contribution in [0.2, 0.25) is 0 Å². The van der Waals surface area contributed by atoms with Gasteiger partial charge in [-0.1, -0.05) is 28.6 Å². The maximum atomic E-state index is 10.9. The molecule has 0 aliphatic heterocycles. The van der Waals surface area contributed by atoms with Crippen molar-refractivity contribution in [2.24, 2.45) is 0 Å². The summed E-state index contributed by atoms with van der Waals surface area (Å²) < 4.78 is 24.7. The highest BCUT2D eigenvalue weighted by atomic mass is 79.9. The summed E-state index contributed by atoms with van der Waals surface area (Å²) in [5.41, 5.74) is 0. The van der Waals surface area contributed by atoms with E-state index in [-0.39, 0.29) is 12.3 Å². The number of halogens is 1. The molecule has 0 aromatic rings. The standard InChI is InChI=1S/C6H10BrNO2S/c1-3-4-11(9,10)8-5-6(2)7/h3,8H,1-2,4-5H2. The molecule has 11 heavy (non-hydrogen) atoms. The maximum absolute atomic E-state index is 10.9. The van der Waals surface area contributed by atoms with Crippen LogP contribution in [0.3, 0.4) is 0 Å². The summed E-state index contributed by atoms with van der Waals surface area (Å²) in [5.74, 6) is -0.0622. The predicted octanol–water partition coefficient (Wildman–Crippen LogP) is 1.00. The first kappa shape index (κ1) is 10.9. The van der Waals surface area contributed by atoms with Gasteiger partial charge in [-0.3, -0.25) is 0 Å². The van der Waals surface area contributed by atoms with Crippen molar-refractivity contribution in [1.82, 2.24) is 4.72 Å². The second kappa shape index (κ2) is 4.69. The summed E-state index contributed by atoms with van der Waals surface area (Å²) in [5, 5.41) is 0. The first-order valence-corrected chi connectivity index (χ1v) is 5.34. The van der Waals surface area contributed by atoms with Crippen molar-refractivity contribution >= 4 is 26.0 Å². The van der Waals surface area contributed by atoms with Crippen molar-refractivity contribution in [2.75, 3.05) is 12.3 Å². The minimum absolute atomic E-state index is 0.0622. The molecule has 0 amide bonds. The molecule has 0 aliphatic carbocycles. The summed E-state index contributed by atoms with van der Waals surface area (Å²) in [4.78, 5) is 0. The first-order chi connectivity index (χ1) is 4.98. The Hall–Kier alpha value is -0.130. The van der Waals surface area contributed by atoms with Crippen molar-refractivity contribution in [3.8, 4) is 0 Å².